The third kappa shape index (κ3) is 15.3. The van der Waals surface area contributed by atoms with E-state index >= 15 is 0 Å². The number of aliphatic hydroxyl groups is 1. The highest BCUT2D eigenvalue weighted by Gasteiger charge is 2.18. The first kappa shape index (κ1) is 33.1. The van der Waals surface area contributed by atoms with Gasteiger partial charge >= 0.3 is 12.2 Å². The molecular weight excluding hydrogens is 498 g/mol. The number of carbonyl (C=O) groups is 2. The van der Waals surface area contributed by atoms with E-state index in [1.807, 2.05) is 6.92 Å². The molecule has 0 saturated heterocycles. The largest absolute Gasteiger partial charge is 0.488 e. The minimum atomic E-state index is -1.09. The second-order valence-electron chi connectivity index (χ2n) is 10.3. The first-order chi connectivity index (χ1) is 17.7. The topological polar surface area (TPSA) is 146 Å². The Morgan fingerprint density at radius 1 is 0.816 bits per heavy atom. The highest BCUT2D eigenvalue weighted by atomic mass is 16.6. The van der Waals surface area contributed by atoms with Crippen LogP contribution in [0.2, 0.25) is 0 Å². The Hall–Kier alpha value is -2.96. The van der Waals surface area contributed by atoms with Crippen LogP contribution in [-0.2, 0) is 14.2 Å². The maximum Gasteiger partial charge on any atom is 0.407 e. The van der Waals surface area contributed by atoms with Gasteiger partial charge in [-0.2, -0.15) is 0 Å². The van der Waals surface area contributed by atoms with E-state index in [1.54, 1.807) is 60.6 Å². The van der Waals surface area contributed by atoms with Gasteiger partial charge in [-0.3, -0.25) is 5.32 Å². The molecule has 4 N–H and O–H groups in total. The fourth-order valence-corrected chi connectivity index (χ4v) is 2.87. The molecule has 218 valence electrons. The third-order valence-corrected chi connectivity index (χ3v) is 4.21. The summed E-state index contributed by atoms with van der Waals surface area (Å²) in [4.78, 5) is 23.8. The van der Waals surface area contributed by atoms with Crippen molar-refractivity contribution >= 4 is 12.2 Å². The lowest BCUT2D eigenvalue weighted by Crippen LogP contribution is -2.35. The molecule has 0 fully saturated rings. The summed E-state index contributed by atoms with van der Waals surface area (Å²) in [6.07, 6.45) is -2.18. The van der Waals surface area contributed by atoms with E-state index in [0.717, 1.165) is 5.56 Å². The first-order valence-corrected chi connectivity index (χ1v) is 12.7. The maximum absolute atomic E-state index is 11.9. The fourth-order valence-electron chi connectivity index (χ4n) is 2.87. The molecule has 0 spiro atoms. The van der Waals surface area contributed by atoms with Crippen molar-refractivity contribution in [2.75, 3.05) is 46.1 Å². The number of hydrogen-bond donors (Lipinski definition) is 4. The fraction of sp³-hybridized carbons (Fsp3) is 0.692. The smallest absolute Gasteiger partial charge is 0.407 e. The van der Waals surface area contributed by atoms with Gasteiger partial charge in [-0.25, -0.2) is 9.59 Å². The van der Waals surface area contributed by atoms with E-state index in [2.05, 4.69) is 16.0 Å². The molecule has 1 unspecified atom stereocenters. The van der Waals surface area contributed by atoms with E-state index in [4.69, 9.17) is 28.4 Å². The first-order valence-electron chi connectivity index (χ1n) is 12.7. The molecule has 0 aliphatic carbocycles. The quantitative estimate of drug-likeness (QED) is 0.192. The van der Waals surface area contributed by atoms with Crippen LogP contribution in [0.25, 0.3) is 0 Å². The SMILES string of the molecule is CCOC(O)NCCOc1cc(C)cc(OCCNC(=O)OC(C)(C)C)c1OCCNC(=O)OC(C)(C)C. The van der Waals surface area contributed by atoms with E-state index in [1.165, 1.54) is 0 Å². The van der Waals surface area contributed by atoms with Gasteiger partial charge in [-0.05, 0) is 73.1 Å². The molecule has 12 nitrogen and oxygen atoms in total. The van der Waals surface area contributed by atoms with Crippen molar-refractivity contribution in [2.24, 2.45) is 0 Å². The van der Waals surface area contributed by atoms with Crippen LogP contribution in [0.1, 0.15) is 54.0 Å². The number of aliphatic hydroxyl groups excluding tert-OH is 1. The van der Waals surface area contributed by atoms with Crippen molar-refractivity contribution in [1.29, 1.82) is 0 Å². The van der Waals surface area contributed by atoms with Crippen LogP contribution in [-0.4, -0.2) is 81.0 Å². The number of nitrogens with one attached hydrogen (secondary N) is 3. The van der Waals surface area contributed by atoms with E-state index < -0.39 is 29.8 Å². The van der Waals surface area contributed by atoms with Crippen LogP contribution in [0.5, 0.6) is 17.2 Å². The summed E-state index contributed by atoms with van der Waals surface area (Å²) in [5.41, 5.74) is -0.354. The summed E-state index contributed by atoms with van der Waals surface area (Å²) >= 11 is 0. The van der Waals surface area contributed by atoms with Crippen LogP contribution in [0.3, 0.4) is 0 Å². The van der Waals surface area contributed by atoms with Crippen molar-refractivity contribution < 1.29 is 43.1 Å². The van der Waals surface area contributed by atoms with Gasteiger partial charge in [-0.15, -0.1) is 0 Å². The molecule has 2 amide bonds. The highest BCUT2D eigenvalue weighted by Crippen LogP contribution is 2.38. The third-order valence-electron chi connectivity index (χ3n) is 4.21. The Bertz CT molecular complexity index is 867. The average molecular weight is 544 g/mol. The van der Waals surface area contributed by atoms with Crippen LogP contribution in [0.4, 0.5) is 9.59 Å². The minimum absolute atomic E-state index is 0.118. The predicted molar refractivity (Wildman–Crippen MR) is 142 cm³/mol. The Kier molecular flexibility index (Phi) is 14.0. The zero-order valence-corrected chi connectivity index (χ0v) is 23.9. The van der Waals surface area contributed by atoms with Gasteiger partial charge < -0.3 is 44.2 Å². The summed E-state index contributed by atoms with van der Waals surface area (Å²) in [7, 11) is 0. The monoisotopic (exact) mass is 543 g/mol. The standard InChI is InChI=1S/C26H45N3O9/c1-9-33-22(30)27-10-13-34-19-16-18(2)17-20(35-14-11-28-23(31)37-25(3,4)5)21(19)36-15-12-29-24(32)38-26(6,7)8/h16-17,22,27,30H,9-15H2,1-8H3,(H,28,31)(H,29,32). The van der Waals surface area contributed by atoms with Crippen molar-refractivity contribution in [3.05, 3.63) is 17.7 Å². The van der Waals surface area contributed by atoms with E-state index in [-0.39, 0.29) is 32.9 Å². The number of alkyl carbamates (subject to hydrolysis) is 2. The molecule has 1 aromatic carbocycles. The van der Waals surface area contributed by atoms with Crippen molar-refractivity contribution in [1.82, 2.24) is 16.0 Å². The molecule has 12 heteroatoms. The Labute approximate surface area is 225 Å². The van der Waals surface area contributed by atoms with E-state index in [9.17, 15) is 14.7 Å². The lowest BCUT2D eigenvalue weighted by molar-refractivity contribution is -0.116. The molecule has 0 aliphatic rings. The van der Waals surface area contributed by atoms with Gasteiger partial charge in [0.1, 0.15) is 31.0 Å². The van der Waals surface area contributed by atoms with Crippen LogP contribution in [0.15, 0.2) is 12.1 Å². The molecule has 0 aliphatic heterocycles. The summed E-state index contributed by atoms with van der Waals surface area (Å²) in [6, 6.07) is 3.58. The van der Waals surface area contributed by atoms with Crippen molar-refractivity contribution in [3.8, 4) is 17.2 Å². The summed E-state index contributed by atoms with van der Waals surface area (Å²) in [5, 5.41) is 17.7. The lowest BCUT2D eigenvalue weighted by atomic mass is 10.2. The number of hydrogen-bond acceptors (Lipinski definition) is 10. The second-order valence-corrected chi connectivity index (χ2v) is 10.3. The summed E-state index contributed by atoms with van der Waals surface area (Å²) < 4.78 is 33.2. The van der Waals surface area contributed by atoms with Gasteiger partial charge in [0.15, 0.2) is 11.5 Å². The molecule has 38 heavy (non-hydrogen) atoms. The molecule has 0 bridgehead atoms. The van der Waals surface area contributed by atoms with Gasteiger partial charge in [0.25, 0.3) is 0 Å². The lowest BCUT2D eigenvalue weighted by Gasteiger charge is -2.21. The molecular formula is C26H45N3O9. The minimum Gasteiger partial charge on any atom is -0.488 e. The number of ether oxygens (including phenoxy) is 6. The molecule has 1 atom stereocenters. The highest BCUT2D eigenvalue weighted by molar-refractivity contribution is 5.68. The number of carbonyl (C=O) groups excluding carboxylic acids is 2. The summed E-state index contributed by atoms with van der Waals surface area (Å²) in [6.45, 7) is 15.9. The Morgan fingerprint density at radius 2 is 1.26 bits per heavy atom. The zero-order valence-electron chi connectivity index (χ0n) is 23.9. The van der Waals surface area contributed by atoms with Crippen LogP contribution >= 0.6 is 0 Å². The van der Waals surface area contributed by atoms with Gasteiger partial charge in [0.2, 0.25) is 12.2 Å². The van der Waals surface area contributed by atoms with Crippen molar-refractivity contribution in [3.63, 3.8) is 0 Å². The molecule has 0 aromatic heterocycles. The van der Waals surface area contributed by atoms with Crippen LogP contribution < -0.4 is 30.2 Å². The van der Waals surface area contributed by atoms with Crippen molar-refractivity contribution in [2.45, 2.75) is 73.0 Å². The maximum atomic E-state index is 11.9. The Balaban J connectivity index is 2.83. The predicted octanol–water partition coefficient (Wildman–Crippen LogP) is 3.08. The van der Waals surface area contributed by atoms with Gasteiger partial charge in [0.05, 0.1) is 13.1 Å². The second kappa shape index (κ2) is 16.1. The van der Waals surface area contributed by atoms with Crippen LogP contribution in [0, 0.1) is 6.92 Å². The average Bonchev–Trinajstić information content (AvgIpc) is 2.76. The Morgan fingerprint density at radius 3 is 1.71 bits per heavy atom. The number of amides is 2. The number of aryl methyl sites for hydroxylation is 1. The molecule has 1 rings (SSSR count). The molecule has 0 saturated carbocycles. The van der Waals surface area contributed by atoms with Gasteiger partial charge in [0, 0.05) is 13.2 Å². The molecule has 1 aromatic rings. The molecule has 0 radical (unpaired) electrons. The van der Waals surface area contributed by atoms with Gasteiger partial charge in [-0.1, -0.05) is 0 Å². The normalized spacial score (nSPS) is 12.3. The summed E-state index contributed by atoms with van der Waals surface area (Å²) in [5.74, 6) is 1.17. The van der Waals surface area contributed by atoms with E-state index in [0.29, 0.717) is 30.4 Å². The zero-order chi connectivity index (χ0) is 28.8. The molecule has 0 heterocycles. The number of benzene rings is 1. The number of rotatable bonds is 15.